The Morgan fingerprint density at radius 2 is 1.95 bits per heavy atom. The monoisotopic (exact) mass is 302 g/mol. The lowest BCUT2D eigenvalue weighted by Gasteiger charge is -2.25. The fourth-order valence-electron chi connectivity index (χ4n) is 1.74. The number of amides is 1. The summed E-state index contributed by atoms with van der Waals surface area (Å²) in [4.78, 5) is 11.9. The molecule has 1 aromatic carbocycles. The van der Waals surface area contributed by atoms with Crippen molar-refractivity contribution in [2.75, 3.05) is 12.8 Å². The molecular formula is C13H19FN2O3S. The van der Waals surface area contributed by atoms with Crippen LogP contribution in [0.5, 0.6) is 0 Å². The highest BCUT2D eigenvalue weighted by Gasteiger charge is 2.23. The van der Waals surface area contributed by atoms with E-state index < -0.39 is 27.3 Å². The van der Waals surface area contributed by atoms with Crippen molar-refractivity contribution in [2.45, 2.75) is 26.3 Å². The number of sulfonamides is 1. The molecule has 0 heterocycles. The molecule has 0 bridgehead atoms. The number of rotatable bonds is 5. The van der Waals surface area contributed by atoms with Crippen LogP contribution in [0.25, 0.3) is 0 Å². The first kappa shape index (κ1) is 16.6. The van der Waals surface area contributed by atoms with Gasteiger partial charge in [0, 0.05) is 12.1 Å². The van der Waals surface area contributed by atoms with E-state index in [0.29, 0.717) is 0 Å². The first-order chi connectivity index (χ1) is 9.00. The lowest BCUT2D eigenvalue weighted by molar-refractivity contribution is 0.0940. The van der Waals surface area contributed by atoms with Crippen molar-refractivity contribution in [3.63, 3.8) is 0 Å². The van der Waals surface area contributed by atoms with E-state index in [0.717, 1.165) is 11.8 Å². The van der Waals surface area contributed by atoms with E-state index in [2.05, 4.69) is 10.0 Å². The van der Waals surface area contributed by atoms with E-state index in [-0.39, 0.29) is 12.1 Å². The molecule has 0 aliphatic heterocycles. The van der Waals surface area contributed by atoms with Gasteiger partial charge in [0.15, 0.2) is 0 Å². The average Bonchev–Trinajstić information content (AvgIpc) is 2.22. The minimum absolute atomic E-state index is 0.0478. The molecule has 0 aliphatic carbocycles. The zero-order chi connectivity index (χ0) is 15.6. The highest BCUT2D eigenvalue weighted by atomic mass is 32.2. The second-order valence-corrected chi connectivity index (χ2v) is 7.17. The molecule has 0 saturated heterocycles. The molecule has 0 saturated carbocycles. The summed E-state index contributed by atoms with van der Waals surface area (Å²) in [5.74, 6) is -1.18. The lowest BCUT2D eigenvalue weighted by atomic mass is 10.1. The van der Waals surface area contributed by atoms with Gasteiger partial charge in [-0.05, 0) is 38.5 Å². The summed E-state index contributed by atoms with van der Waals surface area (Å²) in [6.07, 6.45) is 1.04. The van der Waals surface area contributed by atoms with Crippen molar-refractivity contribution in [1.29, 1.82) is 0 Å². The molecule has 0 aliphatic rings. The Hall–Kier alpha value is -1.47. The number of nitrogens with one attached hydrogen (secondary N) is 2. The molecule has 1 rings (SSSR count). The summed E-state index contributed by atoms with van der Waals surface area (Å²) < 4.78 is 38.3. The topological polar surface area (TPSA) is 75.3 Å². The maximum absolute atomic E-state index is 13.6. The number of carbonyl (C=O) groups is 1. The Morgan fingerprint density at radius 1 is 1.35 bits per heavy atom. The minimum Gasteiger partial charge on any atom is -0.350 e. The van der Waals surface area contributed by atoms with Gasteiger partial charge in [-0.3, -0.25) is 4.79 Å². The van der Waals surface area contributed by atoms with Crippen LogP contribution < -0.4 is 10.0 Å². The smallest absolute Gasteiger partial charge is 0.254 e. The lowest BCUT2D eigenvalue weighted by Crippen LogP contribution is -2.51. The van der Waals surface area contributed by atoms with Crippen LogP contribution in [0, 0.1) is 12.7 Å². The molecule has 7 heteroatoms. The molecule has 0 unspecified atom stereocenters. The van der Waals surface area contributed by atoms with Crippen LogP contribution in [0.4, 0.5) is 4.39 Å². The molecule has 0 spiro atoms. The fraction of sp³-hybridized carbons (Fsp3) is 0.462. The van der Waals surface area contributed by atoms with Crippen molar-refractivity contribution in [2.24, 2.45) is 0 Å². The molecule has 5 nitrogen and oxygen atoms in total. The average molecular weight is 302 g/mol. The number of aryl methyl sites for hydroxylation is 1. The molecule has 1 amide bonds. The molecule has 2 N–H and O–H groups in total. The quantitative estimate of drug-likeness (QED) is 0.858. The third-order valence-electron chi connectivity index (χ3n) is 2.52. The van der Waals surface area contributed by atoms with Gasteiger partial charge in [0.1, 0.15) is 5.82 Å². The van der Waals surface area contributed by atoms with Crippen LogP contribution in [0.3, 0.4) is 0 Å². The van der Waals surface area contributed by atoms with Gasteiger partial charge in [0.05, 0.1) is 11.8 Å². The standard InChI is InChI=1S/C13H19FN2O3S/c1-9-5-6-10(11(14)7-9)12(17)15-8-13(2,3)16-20(4,18)19/h5-7,16H,8H2,1-4H3,(H,15,17). The number of hydrogen-bond donors (Lipinski definition) is 2. The summed E-state index contributed by atoms with van der Waals surface area (Å²) in [7, 11) is -3.38. The van der Waals surface area contributed by atoms with Gasteiger partial charge in [-0.15, -0.1) is 0 Å². The number of hydrogen-bond acceptors (Lipinski definition) is 3. The Balaban J connectivity index is 2.72. The zero-order valence-electron chi connectivity index (χ0n) is 12.0. The Labute approximate surface area is 118 Å². The van der Waals surface area contributed by atoms with Crippen molar-refractivity contribution >= 4 is 15.9 Å². The molecule has 0 radical (unpaired) electrons. The fourth-order valence-corrected chi connectivity index (χ4v) is 2.81. The van der Waals surface area contributed by atoms with E-state index in [1.54, 1.807) is 26.8 Å². The van der Waals surface area contributed by atoms with Crippen molar-refractivity contribution < 1.29 is 17.6 Å². The van der Waals surface area contributed by atoms with Gasteiger partial charge in [0.25, 0.3) is 5.91 Å². The van der Waals surface area contributed by atoms with E-state index in [1.807, 2.05) is 0 Å². The Morgan fingerprint density at radius 3 is 2.45 bits per heavy atom. The van der Waals surface area contributed by atoms with E-state index in [1.165, 1.54) is 12.1 Å². The van der Waals surface area contributed by atoms with Gasteiger partial charge < -0.3 is 5.32 Å². The maximum atomic E-state index is 13.6. The predicted octanol–water partition coefficient (Wildman–Crippen LogP) is 1.19. The Bertz CT molecular complexity index is 612. The van der Waals surface area contributed by atoms with Crippen LogP contribution in [-0.2, 0) is 10.0 Å². The van der Waals surface area contributed by atoms with Crippen molar-refractivity contribution in [3.05, 3.63) is 35.1 Å². The van der Waals surface area contributed by atoms with Gasteiger partial charge in [-0.25, -0.2) is 17.5 Å². The van der Waals surface area contributed by atoms with Crippen LogP contribution in [-0.4, -0.2) is 32.7 Å². The van der Waals surface area contributed by atoms with Gasteiger partial charge in [-0.1, -0.05) is 6.07 Å². The third kappa shape index (κ3) is 5.26. The molecular weight excluding hydrogens is 283 g/mol. The molecule has 20 heavy (non-hydrogen) atoms. The maximum Gasteiger partial charge on any atom is 0.254 e. The summed E-state index contributed by atoms with van der Waals surface area (Å²) >= 11 is 0. The SMILES string of the molecule is Cc1ccc(C(=O)NCC(C)(C)NS(C)(=O)=O)c(F)c1. The second-order valence-electron chi connectivity index (χ2n) is 5.42. The second kappa shape index (κ2) is 5.88. The summed E-state index contributed by atoms with van der Waals surface area (Å²) in [5.41, 5.74) is -0.200. The molecule has 0 aromatic heterocycles. The van der Waals surface area contributed by atoms with Crippen LogP contribution >= 0.6 is 0 Å². The number of carbonyl (C=O) groups excluding carboxylic acids is 1. The van der Waals surface area contributed by atoms with Gasteiger partial charge in [0.2, 0.25) is 10.0 Å². The summed E-state index contributed by atoms with van der Waals surface area (Å²) in [5, 5.41) is 2.52. The van der Waals surface area contributed by atoms with Crippen molar-refractivity contribution in [1.82, 2.24) is 10.0 Å². The van der Waals surface area contributed by atoms with Crippen LogP contribution in [0.15, 0.2) is 18.2 Å². The number of benzene rings is 1. The highest BCUT2D eigenvalue weighted by Crippen LogP contribution is 2.10. The Kier molecular flexibility index (Phi) is 4.88. The van der Waals surface area contributed by atoms with Crippen molar-refractivity contribution in [3.8, 4) is 0 Å². The zero-order valence-corrected chi connectivity index (χ0v) is 12.8. The van der Waals surface area contributed by atoms with E-state index in [9.17, 15) is 17.6 Å². The van der Waals surface area contributed by atoms with Crippen LogP contribution in [0.1, 0.15) is 29.8 Å². The predicted molar refractivity (Wildman–Crippen MR) is 75.5 cm³/mol. The first-order valence-electron chi connectivity index (χ1n) is 6.03. The third-order valence-corrected chi connectivity index (χ3v) is 3.45. The van der Waals surface area contributed by atoms with Gasteiger partial charge >= 0.3 is 0 Å². The molecule has 0 fully saturated rings. The molecule has 0 atom stereocenters. The number of halogens is 1. The van der Waals surface area contributed by atoms with E-state index >= 15 is 0 Å². The summed E-state index contributed by atoms with van der Waals surface area (Å²) in [6.45, 7) is 5.02. The first-order valence-corrected chi connectivity index (χ1v) is 7.93. The minimum atomic E-state index is -3.38. The van der Waals surface area contributed by atoms with Gasteiger partial charge in [-0.2, -0.15) is 0 Å². The summed E-state index contributed by atoms with van der Waals surface area (Å²) in [6, 6.07) is 4.31. The van der Waals surface area contributed by atoms with E-state index in [4.69, 9.17) is 0 Å². The normalized spacial score (nSPS) is 12.2. The molecule has 112 valence electrons. The molecule has 1 aromatic rings. The largest absolute Gasteiger partial charge is 0.350 e. The van der Waals surface area contributed by atoms with Crippen LogP contribution in [0.2, 0.25) is 0 Å². The highest BCUT2D eigenvalue weighted by molar-refractivity contribution is 7.88.